The van der Waals surface area contributed by atoms with Crippen molar-refractivity contribution in [2.75, 3.05) is 11.9 Å². The molecule has 2 aromatic rings. The van der Waals surface area contributed by atoms with Crippen LogP contribution in [0.5, 0.6) is 0 Å². The normalized spacial score (nSPS) is 10.3. The van der Waals surface area contributed by atoms with Crippen molar-refractivity contribution in [1.82, 2.24) is 10.1 Å². The van der Waals surface area contributed by atoms with E-state index in [0.29, 0.717) is 18.9 Å². The van der Waals surface area contributed by atoms with Crippen molar-refractivity contribution >= 4 is 23.3 Å². The number of hydrogen-bond donors (Lipinski definition) is 2. The molecule has 2 N–H and O–H groups in total. The van der Waals surface area contributed by atoms with E-state index in [0.717, 1.165) is 5.69 Å². The van der Waals surface area contributed by atoms with Crippen molar-refractivity contribution in [1.29, 1.82) is 0 Å². The van der Waals surface area contributed by atoms with Crippen LogP contribution in [0.15, 0.2) is 29.0 Å². The number of carboxylic acids is 1. The van der Waals surface area contributed by atoms with E-state index in [1.807, 2.05) is 0 Å². The smallest absolute Gasteiger partial charge is 0.337 e. The summed E-state index contributed by atoms with van der Waals surface area (Å²) < 4.78 is 4.84. The van der Waals surface area contributed by atoms with Gasteiger partial charge in [0.15, 0.2) is 6.33 Å². The average molecular weight is 268 g/mol. The summed E-state index contributed by atoms with van der Waals surface area (Å²) in [6.45, 7) is 0.588. The Kier molecular flexibility index (Phi) is 3.78. The van der Waals surface area contributed by atoms with Gasteiger partial charge in [0, 0.05) is 18.7 Å². The number of anilines is 1. The van der Waals surface area contributed by atoms with Gasteiger partial charge >= 0.3 is 5.97 Å². The van der Waals surface area contributed by atoms with Crippen LogP contribution in [0.3, 0.4) is 0 Å². The van der Waals surface area contributed by atoms with Crippen LogP contribution in [0, 0.1) is 0 Å². The van der Waals surface area contributed by atoms with Gasteiger partial charge in [0.25, 0.3) is 0 Å². The number of halogens is 1. The van der Waals surface area contributed by atoms with E-state index in [9.17, 15) is 4.79 Å². The van der Waals surface area contributed by atoms with E-state index < -0.39 is 5.97 Å². The van der Waals surface area contributed by atoms with Crippen LogP contribution in [-0.4, -0.2) is 27.8 Å². The molecule has 0 saturated heterocycles. The largest absolute Gasteiger partial charge is 0.478 e. The molecule has 0 aliphatic rings. The summed E-state index contributed by atoms with van der Waals surface area (Å²) in [6.07, 6.45) is 1.92. The number of nitrogens with one attached hydrogen (secondary N) is 1. The highest BCUT2D eigenvalue weighted by Gasteiger charge is 2.08. The predicted octanol–water partition coefficient (Wildman–Crippen LogP) is 2.08. The van der Waals surface area contributed by atoms with Gasteiger partial charge in [0.05, 0.1) is 10.6 Å². The second-order valence-corrected chi connectivity index (χ2v) is 3.92. The third-order valence-corrected chi connectivity index (χ3v) is 2.59. The molecule has 6 nitrogen and oxygen atoms in total. The standard InChI is InChI=1S/C11H10ClN3O3/c12-9-5-7(1-2-8(9)11(16)17)13-4-3-10-14-6-15-18-10/h1-2,5-6,13H,3-4H2,(H,16,17). The fraction of sp³-hybridized carbons (Fsp3) is 0.182. The van der Waals surface area contributed by atoms with Gasteiger partial charge in [-0.2, -0.15) is 4.98 Å². The molecule has 0 atom stereocenters. The maximum absolute atomic E-state index is 10.8. The molecule has 0 saturated carbocycles. The zero-order chi connectivity index (χ0) is 13.0. The maximum Gasteiger partial charge on any atom is 0.337 e. The summed E-state index contributed by atoms with van der Waals surface area (Å²) in [5.41, 5.74) is 0.823. The third kappa shape index (κ3) is 2.98. The Labute approximate surface area is 108 Å². The molecular weight excluding hydrogens is 258 g/mol. The molecule has 1 heterocycles. The van der Waals surface area contributed by atoms with Crippen LogP contribution < -0.4 is 5.32 Å². The number of benzene rings is 1. The Morgan fingerprint density at radius 2 is 2.33 bits per heavy atom. The first-order chi connectivity index (χ1) is 8.66. The van der Waals surface area contributed by atoms with Gasteiger partial charge in [-0.05, 0) is 18.2 Å². The highest BCUT2D eigenvalue weighted by molar-refractivity contribution is 6.33. The molecule has 0 radical (unpaired) electrons. The monoisotopic (exact) mass is 267 g/mol. The first-order valence-electron chi connectivity index (χ1n) is 5.19. The van der Waals surface area contributed by atoms with Crippen molar-refractivity contribution in [3.8, 4) is 0 Å². The molecule has 94 valence electrons. The lowest BCUT2D eigenvalue weighted by atomic mass is 10.2. The summed E-state index contributed by atoms with van der Waals surface area (Å²) in [5.74, 6) is -0.506. The molecule has 0 aliphatic carbocycles. The van der Waals surface area contributed by atoms with Crippen LogP contribution in [-0.2, 0) is 6.42 Å². The molecule has 2 rings (SSSR count). The van der Waals surface area contributed by atoms with Crippen LogP contribution in [0.4, 0.5) is 5.69 Å². The number of aromatic carboxylic acids is 1. The van der Waals surface area contributed by atoms with E-state index in [4.69, 9.17) is 21.2 Å². The highest BCUT2D eigenvalue weighted by atomic mass is 35.5. The summed E-state index contributed by atoms with van der Waals surface area (Å²) in [5, 5.41) is 15.6. The van der Waals surface area contributed by atoms with Gasteiger partial charge in [0.2, 0.25) is 5.89 Å². The second kappa shape index (κ2) is 5.50. The molecule has 1 aromatic carbocycles. The summed E-state index contributed by atoms with van der Waals surface area (Å²) in [4.78, 5) is 14.7. The van der Waals surface area contributed by atoms with Crippen LogP contribution in [0.1, 0.15) is 16.2 Å². The molecule has 1 aromatic heterocycles. The molecule has 0 amide bonds. The Hall–Kier alpha value is -2.08. The minimum atomic E-state index is -1.04. The third-order valence-electron chi connectivity index (χ3n) is 2.27. The first kappa shape index (κ1) is 12.4. The first-order valence-corrected chi connectivity index (χ1v) is 5.57. The van der Waals surface area contributed by atoms with Crippen molar-refractivity contribution in [3.05, 3.63) is 41.0 Å². The number of nitrogens with zero attached hydrogens (tertiary/aromatic N) is 2. The van der Waals surface area contributed by atoms with Crippen LogP contribution in [0.2, 0.25) is 5.02 Å². The molecule has 0 spiro atoms. The summed E-state index contributed by atoms with van der Waals surface area (Å²) >= 11 is 5.84. The molecule has 0 bridgehead atoms. The maximum atomic E-state index is 10.8. The van der Waals surface area contributed by atoms with Crippen LogP contribution >= 0.6 is 11.6 Å². The van der Waals surface area contributed by atoms with Crippen molar-refractivity contribution in [3.63, 3.8) is 0 Å². The van der Waals surface area contributed by atoms with Gasteiger partial charge in [-0.15, -0.1) is 0 Å². The Balaban J connectivity index is 1.94. The van der Waals surface area contributed by atoms with E-state index in [1.165, 1.54) is 12.4 Å². The zero-order valence-electron chi connectivity index (χ0n) is 9.26. The number of hydrogen-bond acceptors (Lipinski definition) is 5. The van der Waals surface area contributed by atoms with E-state index >= 15 is 0 Å². The number of carbonyl (C=O) groups is 1. The quantitative estimate of drug-likeness (QED) is 0.862. The highest BCUT2D eigenvalue weighted by Crippen LogP contribution is 2.20. The van der Waals surface area contributed by atoms with Crippen molar-refractivity contribution < 1.29 is 14.4 Å². The number of carboxylic acid groups (broad SMARTS) is 1. The predicted molar refractivity (Wildman–Crippen MR) is 64.9 cm³/mol. The van der Waals surface area contributed by atoms with Gasteiger partial charge in [-0.3, -0.25) is 0 Å². The number of aromatic nitrogens is 2. The Morgan fingerprint density at radius 1 is 1.50 bits per heavy atom. The lowest BCUT2D eigenvalue weighted by Crippen LogP contribution is -2.06. The SMILES string of the molecule is O=C(O)c1ccc(NCCc2ncno2)cc1Cl. The molecule has 7 heteroatoms. The number of rotatable bonds is 5. The summed E-state index contributed by atoms with van der Waals surface area (Å²) in [7, 11) is 0. The average Bonchev–Trinajstić information content (AvgIpc) is 2.81. The van der Waals surface area contributed by atoms with Gasteiger partial charge in [0.1, 0.15) is 0 Å². The van der Waals surface area contributed by atoms with Gasteiger partial charge in [-0.1, -0.05) is 16.8 Å². The van der Waals surface area contributed by atoms with E-state index in [1.54, 1.807) is 12.1 Å². The zero-order valence-corrected chi connectivity index (χ0v) is 10.0. The van der Waals surface area contributed by atoms with Gasteiger partial charge < -0.3 is 14.9 Å². The molecule has 0 unspecified atom stereocenters. The van der Waals surface area contributed by atoms with Crippen LogP contribution in [0.25, 0.3) is 0 Å². The minimum absolute atomic E-state index is 0.0825. The lowest BCUT2D eigenvalue weighted by Gasteiger charge is -2.06. The lowest BCUT2D eigenvalue weighted by molar-refractivity contribution is 0.0697. The molecular formula is C11H10ClN3O3. The van der Waals surface area contributed by atoms with Crippen molar-refractivity contribution in [2.45, 2.75) is 6.42 Å². The summed E-state index contributed by atoms with van der Waals surface area (Å²) in [6, 6.07) is 4.68. The van der Waals surface area contributed by atoms with E-state index in [2.05, 4.69) is 15.5 Å². The van der Waals surface area contributed by atoms with E-state index in [-0.39, 0.29) is 10.6 Å². The minimum Gasteiger partial charge on any atom is -0.478 e. The molecule has 0 fully saturated rings. The molecule has 18 heavy (non-hydrogen) atoms. The fourth-order valence-electron chi connectivity index (χ4n) is 1.42. The Morgan fingerprint density at radius 3 is 2.94 bits per heavy atom. The molecule has 0 aliphatic heterocycles. The van der Waals surface area contributed by atoms with Crippen molar-refractivity contribution in [2.24, 2.45) is 0 Å². The fourth-order valence-corrected chi connectivity index (χ4v) is 1.68. The van der Waals surface area contributed by atoms with Gasteiger partial charge in [-0.25, -0.2) is 4.79 Å². The second-order valence-electron chi connectivity index (χ2n) is 3.51. The topological polar surface area (TPSA) is 88.2 Å². The Bertz CT molecular complexity index is 542.